The number of amides is 1. The molecule has 16 heavy (non-hydrogen) atoms. The highest BCUT2D eigenvalue weighted by atomic mass is 16.2. The van der Waals surface area contributed by atoms with Crippen LogP contribution in [0.15, 0.2) is 0 Å². The Labute approximate surface area is 96.8 Å². The van der Waals surface area contributed by atoms with E-state index in [-0.39, 0.29) is 5.91 Å². The third-order valence-electron chi connectivity index (χ3n) is 3.57. The van der Waals surface area contributed by atoms with Crippen molar-refractivity contribution in [3.63, 3.8) is 0 Å². The molecule has 4 heteroatoms. The number of nitrogens with zero attached hydrogens (tertiary/aromatic N) is 3. The van der Waals surface area contributed by atoms with Crippen molar-refractivity contribution < 1.29 is 4.79 Å². The molecule has 2 fully saturated rings. The topological polar surface area (TPSA) is 47.3 Å². The first-order valence-electron chi connectivity index (χ1n) is 6.15. The van der Waals surface area contributed by atoms with Gasteiger partial charge in [0.1, 0.15) is 5.41 Å². The average molecular weight is 221 g/mol. The van der Waals surface area contributed by atoms with Crippen LogP contribution in [0.25, 0.3) is 0 Å². The molecule has 0 atom stereocenters. The smallest absolute Gasteiger partial charge is 0.243 e. The molecule has 2 aliphatic rings. The van der Waals surface area contributed by atoms with Crippen LogP contribution >= 0.6 is 0 Å². The van der Waals surface area contributed by atoms with Crippen molar-refractivity contribution in [2.75, 3.05) is 32.7 Å². The Hall–Kier alpha value is -1.08. The molecule has 1 amide bonds. The molecule has 0 N–H and O–H groups in total. The Morgan fingerprint density at radius 1 is 1.31 bits per heavy atom. The van der Waals surface area contributed by atoms with Crippen LogP contribution in [-0.4, -0.2) is 48.4 Å². The Kier molecular flexibility index (Phi) is 3.15. The second-order valence-corrected chi connectivity index (χ2v) is 4.83. The zero-order valence-corrected chi connectivity index (χ0v) is 9.91. The molecule has 0 spiro atoms. The van der Waals surface area contributed by atoms with Crippen molar-refractivity contribution in [3.8, 4) is 6.07 Å². The van der Waals surface area contributed by atoms with Gasteiger partial charge in [0.15, 0.2) is 0 Å². The van der Waals surface area contributed by atoms with Gasteiger partial charge >= 0.3 is 0 Å². The first-order valence-corrected chi connectivity index (χ1v) is 6.15. The van der Waals surface area contributed by atoms with Gasteiger partial charge in [-0.3, -0.25) is 9.69 Å². The highest BCUT2D eigenvalue weighted by Gasteiger charge is 2.52. The van der Waals surface area contributed by atoms with E-state index in [1.165, 1.54) is 0 Å². The lowest BCUT2D eigenvalue weighted by atomic mass is 10.1. The predicted octanol–water partition coefficient (Wildman–Crippen LogP) is 0.844. The molecule has 2 rings (SSSR count). The number of nitriles is 1. The van der Waals surface area contributed by atoms with Crippen molar-refractivity contribution in [1.82, 2.24) is 9.80 Å². The second kappa shape index (κ2) is 4.42. The van der Waals surface area contributed by atoms with Gasteiger partial charge in [0.05, 0.1) is 6.07 Å². The zero-order valence-electron chi connectivity index (χ0n) is 9.91. The third kappa shape index (κ3) is 2.05. The molecule has 0 bridgehead atoms. The summed E-state index contributed by atoms with van der Waals surface area (Å²) in [6.45, 7) is 6.80. The number of piperazine rings is 1. The standard InChI is InChI=1S/C12H19N3O/c1-2-5-14-6-8-15(9-7-14)11(16)12(10-13)3-4-12/h2-9H2,1H3. The molecule has 1 saturated heterocycles. The minimum Gasteiger partial charge on any atom is -0.339 e. The van der Waals surface area contributed by atoms with Crippen molar-refractivity contribution in [1.29, 1.82) is 5.26 Å². The molecule has 0 aromatic carbocycles. The maximum absolute atomic E-state index is 12.1. The fourth-order valence-electron chi connectivity index (χ4n) is 2.29. The number of carbonyl (C=O) groups is 1. The van der Waals surface area contributed by atoms with Crippen LogP contribution in [0.5, 0.6) is 0 Å². The summed E-state index contributed by atoms with van der Waals surface area (Å²) >= 11 is 0. The van der Waals surface area contributed by atoms with Crippen LogP contribution < -0.4 is 0 Å². The van der Waals surface area contributed by atoms with E-state index in [0.717, 1.165) is 52.0 Å². The molecule has 1 heterocycles. The number of hydrogen-bond acceptors (Lipinski definition) is 3. The molecule has 1 saturated carbocycles. The molecular weight excluding hydrogens is 202 g/mol. The molecule has 1 aliphatic carbocycles. The first-order chi connectivity index (χ1) is 7.72. The summed E-state index contributed by atoms with van der Waals surface area (Å²) in [6, 6.07) is 2.18. The summed E-state index contributed by atoms with van der Waals surface area (Å²) < 4.78 is 0. The summed E-state index contributed by atoms with van der Waals surface area (Å²) in [5, 5.41) is 8.99. The van der Waals surface area contributed by atoms with E-state index in [9.17, 15) is 4.79 Å². The summed E-state index contributed by atoms with van der Waals surface area (Å²) in [6.07, 6.45) is 2.69. The van der Waals surface area contributed by atoms with Gasteiger partial charge in [-0.15, -0.1) is 0 Å². The quantitative estimate of drug-likeness (QED) is 0.709. The first kappa shape index (κ1) is 11.4. The Morgan fingerprint density at radius 2 is 1.94 bits per heavy atom. The van der Waals surface area contributed by atoms with Crippen molar-refractivity contribution in [2.45, 2.75) is 26.2 Å². The highest BCUT2D eigenvalue weighted by molar-refractivity contribution is 5.88. The molecule has 0 unspecified atom stereocenters. The Bertz CT molecular complexity index is 309. The lowest BCUT2D eigenvalue weighted by molar-refractivity contribution is -0.136. The molecule has 0 radical (unpaired) electrons. The maximum atomic E-state index is 12.1. The SMILES string of the molecule is CCCN1CCN(C(=O)C2(C#N)CC2)CC1. The summed E-state index contributed by atoms with van der Waals surface area (Å²) in [5.41, 5.74) is -0.632. The summed E-state index contributed by atoms with van der Waals surface area (Å²) in [5.74, 6) is 0.0751. The van der Waals surface area contributed by atoms with Gasteiger partial charge in [-0.05, 0) is 25.8 Å². The second-order valence-electron chi connectivity index (χ2n) is 4.83. The largest absolute Gasteiger partial charge is 0.339 e. The van der Waals surface area contributed by atoms with E-state index in [4.69, 9.17) is 5.26 Å². The number of hydrogen-bond donors (Lipinski definition) is 0. The third-order valence-corrected chi connectivity index (χ3v) is 3.57. The highest BCUT2D eigenvalue weighted by Crippen LogP contribution is 2.46. The van der Waals surface area contributed by atoms with Gasteiger partial charge in [-0.25, -0.2) is 0 Å². The van der Waals surface area contributed by atoms with Gasteiger partial charge in [-0.2, -0.15) is 5.26 Å². The van der Waals surface area contributed by atoms with Gasteiger partial charge in [-0.1, -0.05) is 6.92 Å². The minimum atomic E-state index is -0.632. The summed E-state index contributed by atoms with van der Waals surface area (Å²) in [7, 11) is 0. The molecule has 0 aromatic heterocycles. The molecule has 4 nitrogen and oxygen atoms in total. The van der Waals surface area contributed by atoms with Gasteiger partial charge in [0.25, 0.3) is 0 Å². The van der Waals surface area contributed by atoms with Crippen LogP contribution in [0.3, 0.4) is 0 Å². The Morgan fingerprint density at radius 3 is 2.38 bits per heavy atom. The van der Waals surface area contributed by atoms with E-state index in [1.54, 1.807) is 0 Å². The van der Waals surface area contributed by atoms with Crippen LogP contribution in [0.4, 0.5) is 0 Å². The lowest BCUT2D eigenvalue weighted by Gasteiger charge is -2.35. The molecule has 88 valence electrons. The predicted molar refractivity (Wildman–Crippen MR) is 60.6 cm³/mol. The van der Waals surface area contributed by atoms with E-state index in [1.807, 2.05) is 4.90 Å². The van der Waals surface area contributed by atoms with E-state index in [0.29, 0.717) is 0 Å². The number of carbonyl (C=O) groups excluding carboxylic acids is 1. The maximum Gasteiger partial charge on any atom is 0.243 e. The Balaban J connectivity index is 1.85. The molecule has 0 aromatic rings. The zero-order chi connectivity index (χ0) is 11.6. The molecule has 1 aliphatic heterocycles. The van der Waals surface area contributed by atoms with E-state index in [2.05, 4.69) is 17.9 Å². The number of rotatable bonds is 3. The van der Waals surface area contributed by atoms with Gasteiger partial charge in [0, 0.05) is 26.2 Å². The van der Waals surface area contributed by atoms with Crippen LogP contribution in [-0.2, 0) is 4.79 Å². The van der Waals surface area contributed by atoms with Crippen molar-refractivity contribution in [3.05, 3.63) is 0 Å². The summed E-state index contributed by atoms with van der Waals surface area (Å²) in [4.78, 5) is 16.3. The van der Waals surface area contributed by atoms with Crippen LogP contribution in [0.2, 0.25) is 0 Å². The monoisotopic (exact) mass is 221 g/mol. The minimum absolute atomic E-state index is 0.0751. The van der Waals surface area contributed by atoms with Crippen molar-refractivity contribution in [2.24, 2.45) is 5.41 Å². The normalized spacial score (nSPS) is 23.9. The average Bonchev–Trinajstić information content (AvgIpc) is 3.10. The van der Waals surface area contributed by atoms with Gasteiger partial charge in [0.2, 0.25) is 5.91 Å². The van der Waals surface area contributed by atoms with Crippen LogP contribution in [0.1, 0.15) is 26.2 Å². The van der Waals surface area contributed by atoms with E-state index >= 15 is 0 Å². The lowest BCUT2D eigenvalue weighted by Crippen LogP contribution is -2.50. The van der Waals surface area contributed by atoms with Crippen LogP contribution in [0, 0.1) is 16.7 Å². The fraction of sp³-hybridized carbons (Fsp3) is 0.833. The fourth-order valence-corrected chi connectivity index (χ4v) is 2.29. The molecular formula is C12H19N3O. The van der Waals surface area contributed by atoms with E-state index < -0.39 is 5.41 Å². The van der Waals surface area contributed by atoms with Gasteiger partial charge < -0.3 is 4.90 Å². The van der Waals surface area contributed by atoms with Crippen molar-refractivity contribution >= 4 is 5.91 Å².